The third-order valence-electron chi connectivity index (χ3n) is 4.07. The van der Waals surface area contributed by atoms with E-state index in [-0.39, 0.29) is 48.8 Å². The summed E-state index contributed by atoms with van der Waals surface area (Å²) in [5.41, 5.74) is 0.293. The number of guanidine groups is 1. The zero-order valence-electron chi connectivity index (χ0n) is 14.8. The number of pyridine rings is 1. The molecule has 1 aliphatic rings. The molecule has 2 N–H and O–H groups in total. The van der Waals surface area contributed by atoms with Gasteiger partial charge in [-0.2, -0.15) is 0 Å². The molecule has 25 heavy (non-hydrogen) atoms. The Labute approximate surface area is 165 Å². The van der Waals surface area contributed by atoms with Gasteiger partial charge in [-0.3, -0.25) is 9.78 Å². The largest absolute Gasteiger partial charge is 0.354 e. The topological polar surface area (TPSA) is 69.6 Å². The van der Waals surface area contributed by atoms with Gasteiger partial charge >= 0.3 is 0 Å². The van der Waals surface area contributed by atoms with Crippen LogP contribution in [0.25, 0.3) is 0 Å². The second kappa shape index (κ2) is 11.2. The van der Waals surface area contributed by atoms with Crippen molar-refractivity contribution in [1.82, 2.24) is 20.5 Å². The van der Waals surface area contributed by atoms with Crippen molar-refractivity contribution < 1.29 is 9.18 Å². The number of amides is 1. The molecule has 0 bridgehead atoms. The standard InChI is InChI=1S/C17H26FN5O.HI/c1-23(2)16(24)12-21-17(22-13-7-4-3-5-8-13)20-11-15-14(18)9-6-10-19-15;/h6,9-10,13H,3-5,7-8,11-12H2,1-2H3,(H2,20,21,22);1H. The summed E-state index contributed by atoms with van der Waals surface area (Å²) in [5, 5.41) is 6.39. The Hall–Kier alpha value is -1.45. The maximum Gasteiger partial charge on any atom is 0.241 e. The van der Waals surface area contributed by atoms with Gasteiger partial charge in [0.1, 0.15) is 5.82 Å². The van der Waals surface area contributed by atoms with Crippen LogP contribution in [0.4, 0.5) is 4.39 Å². The summed E-state index contributed by atoms with van der Waals surface area (Å²) in [5.74, 6) is 0.113. The van der Waals surface area contributed by atoms with Gasteiger partial charge in [-0.05, 0) is 25.0 Å². The van der Waals surface area contributed by atoms with E-state index in [9.17, 15) is 9.18 Å². The van der Waals surface area contributed by atoms with Gasteiger partial charge in [0.05, 0.1) is 18.8 Å². The highest BCUT2D eigenvalue weighted by Gasteiger charge is 2.15. The zero-order valence-corrected chi connectivity index (χ0v) is 17.1. The number of aliphatic imine (C=N–C) groups is 1. The molecular weight excluding hydrogens is 436 g/mol. The summed E-state index contributed by atoms with van der Waals surface area (Å²) in [6.45, 7) is 0.279. The van der Waals surface area contributed by atoms with E-state index in [1.807, 2.05) is 0 Å². The van der Waals surface area contributed by atoms with E-state index in [1.54, 1.807) is 26.4 Å². The minimum Gasteiger partial charge on any atom is -0.354 e. The van der Waals surface area contributed by atoms with Gasteiger partial charge in [0.2, 0.25) is 5.91 Å². The molecule has 6 nitrogen and oxygen atoms in total. The molecule has 1 heterocycles. The van der Waals surface area contributed by atoms with Gasteiger partial charge in [-0.15, -0.1) is 24.0 Å². The van der Waals surface area contributed by atoms with E-state index in [2.05, 4.69) is 20.6 Å². The Morgan fingerprint density at radius 1 is 1.36 bits per heavy atom. The first-order chi connectivity index (χ1) is 11.6. The fourth-order valence-electron chi connectivity index (χ4n) is 2.60. The Bertz CT molecular complexity index is 576. The number of hydrogen-bond acceptors (Lipinski definition) is 3. The number of hydrogen-bond donors (Lipinski definition) is 2. The highest BCUT2D eigenvalue weighted by atomic mass is 127. The van der Waals surface area contributed by atoms with Crippen LogP contribution in [0.3, 0.4) is 0 Å². The average molecular weight is 463 g/mol. The van der Waals surface area contributed by atoms with E-state index in [1.165, 1.54) is 30.2 Å². The van der Waals surface area contributed by atoms with Gasteiger partial charge in [0, 0.05) is 26.3 Å². The van der Waals surface area contributed by atoms with Crippen molar-refractivity contribution in [1.29, 1.82) is 0 Å². The van der Waals surface area contributed by atoms with Gasteiger partial charge in [0.15, 0.2) is 5.96 Å². The van der Waals surface area contributed by atoms with Crippen molar-refractivity contribution >= 4 is 35.8 Å². The number of nitrogens with one attached hydrogen (secondary N) is 2. The molecule has 0 saturated heterocycles. The van der Waals surface area contributed by atoms with Crippen molar-refractivity contribution in [3.8, 4) is 0 Å². The number of halogens is 2. The van der Waals surface area contributed by atoms with Crippen LogP contribution in [0.1, 0.15) is 37.8 Å². The van der Waals surface area contributed by atoms with Crippen LogP contribution < -0.4 is 10.6 Å². The second-order valence-corrected chi connectivity index (χ2v) is 6.22. The molecule has 0 spiro atoms. The molecule has 1 aliphatic carbocycles. The normalized spacial score (nSPS) is 15.2. The molecule has 0 aliphatic heterocycles. The molecule has 2 rings (SSSR count). The molecule has 0 aromatic carbocycles. The molecule has 1 aromatic heterocycles. The predicted octanol–water partition coefficient (Wildman–Crippen LogP) is 2.29. The van der Waals surface area contributed by atoms with Crippen LogP contribution >= 0.6 is 24.0 Å². The minimum atomic E-state index is -0.373. The number of rotatable bonds is 5. The molecule has 1 aromatic rings. The van der Waals surface area contributed by atoms with Gasteiger partial charge in [0.25, 0.3) is 0 Å². The third-order valence-corrected chi connectivity index (χ3v) is 4.07. The van der Waals surface area contributed by atoms with Crippen molar-refractivity contribution in [3.05, 3.63) is 29.8 Å². The number of carbonyl (C=O) groups is 1. The summed E-state index contributed by atoms with van der Waals surface area (Å²) in [4.78, 5) is 21.7. The molecule has 0 unspecified atom stereocenters. The number of carbonyl (C=O) groups excluding carboxylic acids is 1. The van der Waals surface area contributed by atoms with Crippen LogP contribution in [-0.2, 0) is 11.3 Å². The van der Waals surface area contributed by atoms with Crippen LogP contribution in [0.15, 0.2) is 23.3 Å². The van der Waals surface area contributed by atoms with E-state index in [4.69, 9.17) is 0 Å². The number of likely N-dealkylation sites (N-methyl/N-ethyl adjacent to an activating group) is 1. The van der Waals surface area contributed by atoms with E-state index in [0.717, 1.165) is 12.8 Å². The third kappa shape index (κ3) is 7.54. The number of nitrogens with zero attached hydrogens (tertiary/aromatic N) is 3. The predicted molar refractivity (Wildman–Crippen MR) is 107 cm³/mol. The van der Waals surface area contributed by atoms with E-state index < -0.39 is 0 Å². The molecule has 8 heteroatoms. The number of aromatic nitrogens is 1. The summed E-state index contributed by atoms with van der Waals surface area (Å²) in [7, 11) is 3.41. The Morgan fingerprint density at radius 2 is 2.08 bits per heavy atom. The van der Waals surface area contributed by atoms with Crippen molar-refractivity contribution in [3.63, 3.8) is 0 Å². The Kier molecular flexibility index (Phi) is 9.69. The van der Waals surface area contributed by atoms with Crippen molar-refractivity contribution in [2.45, 2.75) is 44.7 Å². The lowest BCUT2D eigenvalue weighted by atomic mass is 9.96. The Balaban J connectivity index is 0.00000312. The van der Waals surface area contributed by atoms with E-state index in [0.29, 0.717) is 17.7 Å². The smallest absolute Gasteiger partial charge is 0.241 e. The van der Waals surface area contributed by atoms with Gasteiger partial charge in [-0.1, -0.05) is 19.3 Å². The fraction of sp³-hybridized carbons (Fsp3) is 0.588. The van der Waals surface area contributed by atoms with Gasteiger partial charge in [-0.25, -0.2) is 9.38 Å². The molecule has 1 amide bonds. The van der Waals surface area contributed by atoms with Crippen molar-refractivity contribution in [2.75, 3.05) is 20.6 Å². The summed E-state index contributed by atoms with van der Waals surface area (Å²) in [6.07, 6.45) is 7.36. The van der Waals surface area contributed by atoms with Crippen LogP contribution in [0.5, 0.6) is 0 Å². The first-order valence-electron chi connectivity index (χ1n) is 8.40. The highest BCUT2D eigenvalue weighted by Crippen LogP contribution is 2.17. The van der Waals surface area contributed by atoms with Crippen LogP contribution in [-0.4, -0.2) is 48.4 Å². The SMILES string of the molecule is CN(C)C(=O)CNC(=NCc1ncccc1F)NC1CCCCC1.I. The lowest BCUT2D eigenvalue weighted by Crippen LogP contribution is -2.47. The van der Waals surface area contributed by atoms with Crippen LogP contribution in [0.2, 0.25) is 0 Å². The molecule has 1 saturated carbocycles. The van der Waals surface area contributed by atoms with Crippen molar-refractivity contribution in [2.24, 2.45) is 4.99 Å². The average Bonchev–Trinajstić information content (AvgIpc) is 2.59. The van der Waals surface area contributed by atoms with Crippen LogP contribution in [0, 0.1) is 5.82 Å². The Morgan fingerprint density at radius 3 is 2.72 bits per heavy atom. The summed E-state index contributed by atoms with van der Waals surface area (Å²) < 4.78 is 13.7. The molecule has 1 fully saturated rings. The lowest BCUT2D eigenvalue weighted by molar-refractivity contribution is -0.127. The highest BCUT2D eigenvalue weighted by molar-refractivity contribution is 14.0. The fourth-order valence-corrected chi connectivity index (χ4v) is 2.60. The second-order valence-electron chi connectivity index (χ2n) is 6.22. The maximum absolute atomic E-state index is 13.7. The summed E-state index contributed by atoms with van der Waals surface area (Å²) in [6, 6.07) is 3.26. The molecular formula is C17H27FIN5O. The van der Waals surface area contributed by atoms with E-state index >= 15 is 0 Å². The molecule has 0 radical (unpaired) electrons. The van der Waals surface area contributed by atoms with Gasteiger partial charge < -0.3 is 15.5 Å². The maximum atomic E-state index is 13.7. The monoisotopic (exact) mass is 463 g/mol. The first-order valence-corrected chi connectivity index (χ1v) is 8.40. The first kappa shape index (κ1) is 21.6. The lowest BCUT2D eigenvalue weighted by Gasteiger charge is -2.25. The summed E-state index contributed by atoms with van der Waals surface area (Å²) >= 11 is 0. The molecule has 0 atom stereocenters. The zero-order chi connectivity index (χ0) is 17.4. The minimum absolute atomic E-state index is 0. The quantitative estimate of drug-likeness (QED) is 0.400. The molecule has 140 valence electrons.